The molecule has 2 aromatic heterocycles. The van der Waals surface area contributed by atoms with Gasteiger partial charge in [0.25, 0.3) is 5.91 Å². The van der Waals surface area contributed by atoms with Crippen LogP contribution in [0, 0.1) is 6.92 Å². The van der Waals surface area contributed by atoms with Gasteiger partial charge in [-0.3, -0.25) is 9.78 Å². The van der Waals surface area contributed by atoms with Crippen molar-refractivity contribution in [1.82, 2.24) is 25.2 Å². The van der Waals surface area contributed by atoms with Crippen LogP contribution in [0.15, 0.2) is 58.7 Å². The van der Waals surface area contributed by atoms with Crippen molar-refractivity contribution >= 4 is 34.3 Å². The molecule has 158 valence electrons. The number of amides is 1. The van der Waals surface area contributed by atoms with Crippen LogP contribution in [0.3, 0.4) is 0 Å². The van der Waals surface area contributed by atoms with E-state index in [2.05, 4.69) is 25.8 Å². The molecule has 0 atom stereocenters. The molecular formula is C20H15F3N6OS. The second-order valence-corrected chi connectivity index (χ2v) is 7.63. The number of para-hydroxylation sites is 1. The van der Waals surface area contributed by atoms with E-state index < -0.39 is 23.2 Å². The van der Waals surface area contributed by atoms with Gasteiger partial charge in [-0.2, -0.15) is 13.2 Å². The van der Waals surface area contributed by atoms with E-state index in [9.17, 15) is 18.0 Å². The Kier molecular flexibility index (Phi) is 5.36. The fourth-order valence-electron chi connectivity index (χ4n) is 3.05. The molecule has 31 heavy (non-hydrogen) atoms. The van der Waals surface area contributed by atoms with Crippen molar-refractivity contribution in [3.63, 3.8) is 0 Å². The summed E-state index contributed by atoms with van der Waals surface area (Å²) in [6.07, 6.45) is -3.01. The van der Waals surface area contributed by atoms with Crippen LogP contribution in [-0.4, -0.2) is 31.1 Å². The molecule has 4 rings (SSSR count). The van der Waals surface area contributed by atoms with Crippen molar-refractivity contribution < 1.29 is 18.0 Å². The number of alkyl halides is 3. The number of pyridine rings is 1. The van der Waals surface area contributed by atoms with Crippen molar-refractivity contribution in [1.29, 1.82) is 0 Å². The maximum Gasteiger partial charge on any atom is 0.417 e. The van der Waals surface area contributed by atoms with Crippen molar-refractivity contribution in [2.75, 3.05) is 5.32 Å². The summed E-state index contributed by atoms with van der Waals surface area (Å²) in [5.41, 5.74) is 0.161. The van der Waals surface area contributed by atoms with E-state index in [0.29, 0.717) is 16.4 Å². The highest BCUT2D eigenvalue weighted by atomic mass is 32.2. The Morgan fingerprint density at radius 1 is 1.13 bits per heavy atom. The molecule has 0 aliphatic rings. The number of hydrogen-bond acceptors (Lipinski definition) is 6. The van der Waals surface area contributed by atoms with Crippen LogP contribution in [-0.2, 0) is 13.2 Å². The summed E-state index contributed by atoms with van der Waals surface area (Å²) in [4.78, 5) is 17.9. The number of benzene rings is 2. The zero-order valence-corrected chi connectivity index (χ0v) is 17.1. The molecule has 2 heterocycles. The Morgan fingerprint density at radius 3 is 2.61 bits per heavy atom. The van der Waals surface area contributed by atoms with Crippen LogP contribution >= 0.6 is 11.8 Å². The first-order valence-electron chi connectivity index (χ1n) is 9.02. The van der Waals surface area contributed by atoms with Gasteiger partial charge < -0.3 is 5.32 Å². The molecule has 0 unspecified atom stereocenters. The zero-order valence-electron chi connectivity index (χ0n) is 16.3. The third kappa shape index (κ3) is 4.08. The fourth-order valence-corrected chi connectivity index (χ4v) is 3.97. The number of anilines is 1. The number of aryl methyl sites for hydroxylation is 2. The molecule has 11 heteroatoms. The first-order valence-corrected chi connectivity index (χ1v) is 9.83. The average Bonchev–Trinajstić information content (AvgIpc) is 3.14. The SMILES string of the molecule is Cc1cnc2c(NC(=O)c3ccccc3C(F)(F)F)cccc2c1Sc1nnnn1C. The highest BCUT2D eigenvalue weighted by molar-refractivity contribution is 7.99. The third-order valence-corrected chi connectivity index (χ3v) is 5.80. The van der Waals surface area contributed by atoms with E-state index in [1.807, 2.05) is 13.0 Å². The maximum atomic E-state index is 13.3. The molecular weight excluding hydrogens is 429 g/mol. The Labute approximate surface area is 178 Å². The van der Waals surface area contributed by atoms with Gasteiger partial charge in [0.15, 0.2) is 0 Å². The van der Waals surface area contributed by atoms with Gasteiger partial charge in [-0.1, -0.05) is 24.3 Å². The number of tetrazole rings is 1. The lowest BCUT2D eigenvalue weighted by Gasteiger charge is -2.14. The number of rotatable bonds is 4. The van der Waals surface area contributed by atoms with Gasteiger partial charge in [-0.15, -0.1) is 5.10 Å². The number of carbonyl (C=O) groups excluding carboxylic acids is 1. The van der Waals surface area contributed by atoms with Crippen LogP contribution < -0.4 is 5.32 Å². The lowest BCUT2D eigenvalue weighted by atomic mass is 10.1. The zero-order chi connectivity index (χ0) is 22.2. The summed E-state index contributed by atoms with van der Waals surface area (Å²) in [5.74, 6) is -0.866. The van der Waals surface area contributed by atoms with Gasteiger partial charge >= 0.3 is 6.18 Å². The van der Waals surface area contributed by atoms with Gasteiger partial charge in [0.2, 0.25) is 5.16 Å². The summed E-state index contributed by atoms with van der Waals surface area (Å²) in [6, 6.07) is 9.77. The summed E-state index contributed by atoms with van der Waals surface area (Å²) >= 11 is 1.33. The predicted molar refractivity (Wildman–Crippen MR) is 109 cm³/mol. The molecule has 1 amide bonds. The number of aromatic nitrogens is 5. The lowest BCUT2D eigenvalue weighted by molar-refractivity contribution is -0.137. The van der Waals surface area contributed by atoms with E-state index in [4.69, 9.17) is 0 Å². The van der Waals surface area contributed by atoms with Gasteiger partial charge in [0.1, 0.15) is 0 Å². The van der Waals surface area contributed by atoms with Crippen LogP contribution in [0.2, 0.25) is 0 Å². The van der Waals surface area contributed by atoms with Crippen LogP contribution in [0.5, 0.6) is 0 Å². The summed E-state index contributed by atoms with van der Waals surface area (Å²) in [5, 5.41) is 15.3. The maximum absolute atomic E-state index is 13.3. The molecule has 0 saturated carbocycles. The normalized spacial score (nSPS) is 11.6. The molecule has 0 fully saturated rings. The smallest absolute Gasteiger partial charge is 0.320 e. The van der Waals surface area contributed by atoms with Gasteiger partial charge in [0, 0.05) is 23.5 Å². The van der Waals surface area contributed by atoms with Crippen molar-refractivity contribution in [3.05, 3.63) is 65.4 Å². The summed E-state index contributed by atoms with van der Waals surface area (Å²) in [6.45, 7) is 1.88. The molecule has 0 aliphatic heterocycles. The summed E-state index contributed by atoms with van der Waals surface area (Å²) in [7, 11) is 1.71. The average molecular weight is 444 g/mol. The Bertz CT molecular complexity index is 1290. The van der Waals surface area contributed by atoms with Crippen molar-refractivity contribution in [2.24, 2.45) is 7.05 Å². The first kappa shape index (κ1) is 20.8. The standard InChI is InChI=1S/C20H15F3N6OS/c1-11-10-24-16-13(17(11)31-19-26-27-28-29(19)2)7-5-9-15(16)25-18(30)12-6-3-4-8-14(12)20(21,22)23/h3-10H,1-2H3,(H,25,30). The number of nitrogens with one attached hydrogen (secondary N) is 1. The van der Waals surface area contributed by atoms with E-state index in [1.165, 1.54) is 28.6 Å². The minimum Gasteiger partial charge on any atom is -0.320 e. The molecule has 0 radical (unpaired) electrons. The second-order valence-electron chi connectivity index (χ2n) is 6.66. The second kappa shape index (κ2) is 7.99. The van der Waals surface area contributed by atoms with Gasteiger partial charge in [0.05, 0.1) is 22.3 Å². The number of fused-ring (bicyclic) bond motifs is 1. The molecule has 0 aliphatic carbocycles. The molecule has 7 nitrogen and oxygen atoms in total. The topological polar surface area (TPSA) is 85.6 Å². The summed E-state index contributed by atoms with van der Waals surface area (Å²) < 4.78 is 41.4. The highest BCUT2D eigenvalue weighted by Crippen LogP contribution is 2.37. The van der Waals surface area contributed by atoms with Crippen molar-refractivity contribution in [2.45, 2.75) is 23.2 Å². The number of nitrogens with zero attached hydrogens (tertiary/aromatic N) is 5. The van der Waals surface area contributed by atoms with E-state index in [-0.39, 0.29) is 0 Å². The predicted octanol–water partition coefficient (Wildman–Crippen LogP) is 4.49. The van der Waals surface area contributed by atoms with E-state index >= 15 is 0 Å². The minimum absolute atomic E-state index is 0.303. The quantitative estimate of drug-likeness (QED) is 0.499. The first-order chi connectivity index (χ1) is 14.8. The van der Waals surface area contributed by atoms with E-state index in [1.54, 1.807) is 25.4 Å². The minimum atomic E-state index is -4.64. The molecule has 0 bridgehead atoms. The van der Waals surface area contributed by atoms with Crippen LogP contribution in [0.25, 0.3) is 10.9 Å². The Hall–Kier alpha value is -3.47. The largest absolute Gasteiger partial charge is 0.417 e. The Balaban J connectivity index is 1.74. The van der Waals surface area contributed by atoms with Crippen molar-refractivity contribution in [3.8, 4) is 0 Å². The molecule has 0 spiro atoms. The van der Waals surface area contributed by atoms with Gasteiger partial charge in [-0.25, -0.2) is 4.68 Å². The molecule has 0 saturated heterocycles. The third-order valence-electron chi connectivity index (χ3n) is 4.53. The highest BCUT2D eigenvalue weighted by Gasteiger charge is 2.35. The van der Waals surface area contributed by atoms with E-state index in [0.717, 1.165) is 28.0 Å². The molecule has 4 aromatic rings. The monoisotopic (exact) mass is 444 g/mol. The number of halogens is 3. The number of hydrogen-bond donors (Lipinski definition) is 1. The molecule has 2 aromatic carbocycles. The lowest BCUT2D eigenvalue weighted by Crippen LogP contribution is -2.18. The fraction of sp³-hybridized carbons (Fsp3) is 0.150. The molecule has 1 N–H and O–H groups in total. The van der Waals surface area contributed by atoms with Gasteiger partial charge in [-0.05, 0) is 52.9 Å². The number of carbonyl (C=O) groups is 1. The van der Waals surface area contributed by atoms with Crippen LogP contribution in [0.4, 0.5) is 18.9 Å². The Morgan fingerprint density at radius 2 is 1.90 bits per heavy atom. The van der Waals surface area contributed by atoms with Crippen LogP contribution in [0.1, 0.15) is 21.5 Å².